The van der Waals surface area contributed by atoms with E-state index in [1.807, 2.05) is 37.3 Å². The first-order valence-corrected chi connectivity index (χ1v) is 8.50. The summed E-state index contributed by atoms with van der Waals surface area (Å²) in [7, 11) is 1.60. The van der Waals surface area contributed by atoms with Gasteiger partial charge in [0, 0.05) is 6.42 Å². The lowest BCUT2D eigenvalue weighted by Gasteiger charge is -2.16. The Hall–Kier alpha value is -2.74. The average Bonchev–Trinajstić information content (AvgIpc) is 2.63. The number of Topliss-reactive ketones (excluding diaryl/α,β-unsaturated/α-hetero) is 1. The van der Waals surface area contributed by atoms with Crippen molar-refractivity contribution >= 4 is 23.5 Å². The highest BCUT2D eigenvalue weighted by atomic mass is 16.2. The van der Waals surface area contributed by atoms with Gasteiger partial charge in [0.25, 0.3) is 5.91 Å². The molecule has 0 spiro atoms. The van der Waals surface area contributed by atoms with E-state index in [4.69, 9.17) is 5.73 Å². The van der Waals surface area contributed by atoms with Gasteiger partial charge in [-0.05, 0) is 19.0 Å². The molecule has 26 heavy (non-hydrogen) atoms. The molecule has 0 aliphatic rings. The summed E-state index contributed by atoms with van der Waals surface area (Å²) in [5.41, 5.74) is 6.16. The Morgan fingerprint density at radius 1 is 1.08 bits per heavy atom. The van der Waals surface area contributed by atoms with Gasteiger partial charge in [-0.1, -0.05) is 43.7 Å². The zero-order valence-electron chi connectivity index (χ0n) is 15.1. The maximum absolute atomic E-state index is 12.0. The van der Waals surface area contributed by atoms with E-state index in [2.05, 4.69) is 16.0 Å². The highest BCUT2D eigenvalue weighted by Gasteiger charge is 2.24. The average molecular weight is 362 g/mol. The van der Waals surface area contributed by atoms with Crippen LogP contribution in [0.1, 0.15) is 25.3 Å². The standard InChI is InChI=1S/C18H26N4O4/c1-3-7-13(20-2)16(24)18(26)21-11-15(23)22-14(17(19)25)10-12-8-5-4-6-9-12/h4-6,8-9,13-14,20H,3,7,10-11H2,1-2H3,(H2,19,25)(H,21,26)(H,22,23). The van der Waals surface area contributed by atoms with Gasteiger partial charge in [-0.25, -0.2) is 0 Å². The SMILES string of the molecule is CCCC(NC)C(=O)C(=O)NCC(=O)NC(Cc1ccccc1)C(N)=O. The molecule has 0 bridgehead atoms. The number of primary amides is 1. The number of hydrogen-bond donors (Lipinski definition) is 4. The van der Waals surface area contributed by atoms with E-state index in [1.54, 1.807) is 7.05 Å². The van der Waals surface area contributed by atoms with Crippen LogP contribution < -0.4 is 21.7 Å². The Labute approximate surface area is 152 Å². The molecule has 5 N–H and O–H groups in total. The molecule has 0 fully saturated rings. The topological polar surface area (TPSA) is 130 Å². The van der Waals surface area contributed by atoms with Gasteiger partial charge in [0.15, 0.2) is 0 Å². The second-order valence-electron chi connectivity index (χ2n) is 5.89. The summed E-state index contributed by atoms with van der Waals surface area (Å²) in [6, 6.07) is 7.61. The third kappa shape index (κ3) is 7.02. The first-order valence-electron chi connectivity index (χ1n) is 8.50. The fourth-order valence-corrected chi connectivity index (χ4v) is 2.42. The van der Waals surface area contributed by atoms with Crippen LogP contribution in [0.4, 0.5) is 0 Å². The highest BCUT2D eigenvalue weighted by Crippen LogP contribution is 2.03. The minimum Gasteiger partial charge on any atom is -0.368 e. The number of nitrogens with one attached hydrogen (secondary N) is 3. The van der Waals surface area contributed by atoms with Crippen molar-refractivity contribution in [2.45, 2.75) is 38.3 Å². The van der Waals surface area contributed by atoms with Crippen molar-refractivity contribution in [2.75, 3.05) is 13.6 Å². The molecule has 0 aliphatic heterocycles. The first kappa shape index (κ1) is 21.3. The van der Waals surface area contributed by atoms with Crippen LogP contribution in [0.5, 0.6) is 0 Å². The van der Waals surface area contributed by atoms with Crippen LogP contribution in [0.3, 0.4) is 0 Å². The molecule has 0 aliphatic carbocycles. The highest BCUT2D eigenvalue weighted by molar-refractivity contribution is 6.38. The quantitative estimate of drug-likeness (QED) is 0.386. The Kier molecular flexibility index (Phi) is 9.00. The van der Waals surface area contributed by atoms with Gasteiger partial charge in [-0.15, -0.1) is 0 Å². The molecule has 8 nitrogen and oxygen atoms in total. The number of likely N-dealkylation sites (N-methyl/N-ethyl adjacent to an activating group) is 1. The van der Waals surface area contributed by atoms with E-state index in [1.165, 1.54) is 0 Å². The van der Waals surface area contributed by atoms with Crippen molar-refractivity contribution in [2.24, 2.45) is 5.73 Å². The summed E-state index contributed by atoms with van der Waals surface area (Å²) in [4.78, 5) is 47.4. The number of rotatable bonds is 11. The summed E-state index contributed by atoms with van der Waals surface area (Å²) < 4.78 is 0. The van der Waals surface area contributed by atoms with E-state index in [9.17, 15) is 19.2 Å². The second kappa shape index (κ2) is 11.0. The van der Waals surface area contributed by atoms with Crippen LogP contribution in [0, 0.1) is 0 Å². The van der Waals surface area contributed by atoms with Gasteiger partial charge < -0.3 is 21.7 Å². The van der Waals surface area contributed by atoms with Gasteiger partial charge in [0.1, 0.15) is 6.04 Å². The minimum absolute atomic E-state index is 0.243. The summed E-state index contributed by atoms with van der Waals surface area (Å²) in [5.74, 6) is -2.74. The van der Waals surface area contributed by atoms with Crippen LogP contribution in [0.25, 0.3) is 0 Å². The van der Waals surface area contributed by atoms with Crippen LogP contribution >= 0.6 is 0 Å². The maximum Gasteiger partial charge on any atom is 0.289 e. The van der Waals surface area contributed by atoms with E-state index >= 15 is 0 Å². The van der Waals surface area contributed by atoms with Gasteiger partial charge in [-0.3, -0.25) is 19.2 Å². The molecular formula is C18H26N4O4. The molecule has 1 rings (SSSR count). The summed E-state index contributed by atoms with van der Waals surface area (Å²) in [6.07, 6.45) is 1.51. The van der Waals surface area contributed by atoms with Crippen molar-refractivity contribution in [1.82, 2.24) is 16.0 Å². The number of ketones is 1. The third-order valence-electron chi connectivity index (χ3n) is 3.84. The van der Waals surface area contributed by atoms with E-state index in [-0.39, 0.29) is 6.42 Å². The molecule has 0 saturated carbocycles. The lowest BCUT2D eigenvalue weighted by atomic mass is 10.1. The van der Waals surface area contributed by atoms with E-state index in [0.29, 0.717) is 6.42 Å². The van der Waals surface area contributed by atoms with Gasteiger partial charge >= 0.3 is 0 Å². The number of benzene rings is 1. The smallest absolute Gasteiger partial charge is 0.289 e. The van der Waals surface area contributed by atoms with Crippen LogP contribution in [0.2, 0.25) is 0 Å². The number of carbonyl (C=O) groups is 4. The number of carbonyl (C=O) groups excluding carboxylic acids is 4. The van der Waals surface area contributed by atoms with Gasteiger partial charge in [0.05, 0.1) is 12.6 Å². The molecule has 1 aromatic rings. The van der Waals surface area contributed by atoms with Crippen molar-refractivity contribution < 1.29 is 19.2 Å². The van der Waals surface area contributed by atoms with Crippen molar-refractivity contribution in [3.05, 3.63) is 35.9 Å². The van der Waals surface area contributed by atoms with Crippen molar-refractivity contribution in [3.8, 4) is 0 Å². The van der Waals surface area contributed by atoms with Crippen LogP contribution in [-0.2, 0) is 25.6 Å². The van der Waals surface area contributed by atoms with Crippen molar-refractivity contribution in [3.63, 3.8) is 0 Å². The third-order valence-corrected chi connectivity index (χ3v) is 3.84. The molecule has 3 amide bonds. The maximum atomic E-state index is 12.0. The Balaban J connectivity index is 2.54. The summed E-state index contributed by atoms with van der Waals surface area (Å²) in [6.45, 7) is 1.49. The Bertz CT molecular complexity index is 633. The normalized spacial score (nSPS) is 12.7. The van der Waals surface area contributed by atoms with Crippen LogP contribution in [0.15, 0.2) is 30.3 Å². The fraction of sp³-hybridized carbons (Fsp3) is 0.444. The zero-order valence-corrected chi connectivity index (χ0v) is 15.1. The summed E-state index contributed by atoms with van der Waals surface area (Å²) in [5, 5.41) is 7.52. The molecule has 0 aromatic heterocycles. The number of nitrogens with two attached hydrogens (primary N) is 1. The van der Waals surface area contributed by atoms with Crippen molar-refractivity contribution in [1.29, 1.82) is 0 Å². The molecular weight excluding hydrogens is 336 g/mol. The molecule has 0 radical (unpaired) electrons. The molecule has 0 saturated heterocycles. The number of hydrogen-bond acceptors (Lipinski definition) is 5. The molecule has 1 aromatic carbocycles. The minimum atomic E-state index is -0.900. The lowest BCUT2D eigenvalue weighted by Crippen LogP contribution is -2.51. The summed E-state index contributed by atoms with van der Waals surface area (Å²) >= 11 is 0. The zero-order chi connectivity index (χ0) is 19.5. The van der Waals surface area contributed by atoms with Gasteiger partial charge in [0.2, 0.25) is 17.6 Å². The Morgan fingerprint density at radius 2 is 1.73 bits per heavy atom. The largest absolute Gasteiger partial charge is 0.368 e. The number of amides is 3. The monoisotopic (exact) mass is 362 g/mol. The first-order chi connectivity index (χ1) is 12.4. The molecule has 142 valence electrons. The molecule has 0 heterocycles. The van der Waals surface area contributed by atoms with E-state index in [0.717, 1.165) is 12.0 Å². The fourth-order valence-electron chi connectivity index (χ4n) is 2.42. The second-order valence-corrected chi connectivity index (χ2v) is 5.89. The van der Waals surface area contributed by atoms with Crippen LogP contribution in [-0.4, -0.2) is 49.2 Å². The molecule has 2 unspecified atom stereocenters. The lowest BCUT2D eigenvalue weighted by molar-refractivity contribution is -0.139. The molecule has 8 heteroatoms. The Morgan fingerprint density at radius 3 is 2.27 bits per heavy atom. The van der Waals surface area contributed by atoms with Gasteiger partial charge in [-0.2, -0.15) is 0 Å². The van der Waals surface area contributed by atoms with E-state index < -0.39 is 42.1 Å². The predicted octanol–water partition coefficient (Wildman–Crippen LogP) is -0.727. The predicted molar refractivity (Wildman–Crippen MR) is 97.0 cm³/mol. The molecule has 2 atom stereocenters.